The Morgan fingerprint density at radius 2 is 1.33 bits per heavy atom. The van der Waals surface area contributed by atoms with E-state index in [1.165, 1.54) is 0 Å². The van der Waals surface area contributed by atoms with Crippen molar-refractivity contribution in [2.75, 3.05) is 0 Å². The number of hydrogen-bond acceptors (Lipinski definition) is 2. The molecule has 0 saturated heterocycles. The normalized spacial score (nSPS) is 11.1. The van der Waals surface area contributed by atoms with E-state index in [2.05, 4.69) is 0 Å². The molecule has 0 amide bonds. The quantitative estimate of drug-likeness (QED) is 0.779. The Kier molecular flexibility index (Phi) is 3.56. The molecule has 0 aliphatic carbocycles. The highest BCUT2D eigenvalue weighted by Crippen LogP contribution is 2.26. The van der Waals surface area contributed by atoms with E-state index >= 15 is 0 Å². The number of hydrogen-bond donors (Lipinski definition) is 0. The molecule has 0 saturated carbocycles. The highest BCUT2D eigenvalue weighted by atomic mass is 16.5. The van der Waals surface area contributed by atoms with Gasteiger partial charge in [0.1, 0.15) is 22.8 Å². The van der Waals surface area contributed by atoms with Crippen LogP contribution >= 0.6 is 0 Å². The molecule has 18 heavy (non-hydrogen) atoms. The molecule has 2 aromatic carbocycles. The van der Waals surface area contributed by atoms with Gasteiger partial charge in [0.05, 0.1) is 0 Å². The molecule has 0 aliphatic rings. The summed E-state index contributed by atoms with van der Waals surface area (Å²) in [5.74, 6) is 2.42. The van der Waals surface area contributed by atoms with Crippen LogP contribution in [0.3, 0.4) is 0 Å². The lowest BCUT2D eigenvalue weighted by molar-refractivity contribution is 0.130. The van der Waals surface area contributed by atoms with Crippen molar-refractivity contribution in [2.45, 2.75) is 26.4 Å². The Morgan fingerprint density at radius 3 is 2.00 bits per heavy atom. The van der Waals surface area contributed by atoms with E-state index in [-0.39, 0.29) is 5.60 Å². The van der Waals surface area contributed by atoms with Crippen molar-refractivity contribution in [1.29, 1.82) is 0 Å². The molecule has 0 aliphatic heterocycles. The standard InChI is InChI=1S/C16H18O2/c1-16(2,3)18-15-11-7-10-14(12-15)17-13-8-5-4-6-9-13/h4-12H,1-3H3. The van der Waals surface area contributed by atoms with Crippen molar-refractivity contribution >= 4 is 0 Å². The maximum atomic E-state index is 5.80. The molecule has 0 bridgehead atoms. The van der Waals surface area contributed by atoms with Crippen molar-refractivity contribution in [1.82, 2.24) is 0 Å². The minimum Gasteiger partial charge on any atom is -0.488 e. The zero-order chi connectivity index (χ0) is 13.0. The number of para-hydroxylation sites is 1. The Bertz CT molecular complexity index is 498. The smallest absolute Gasteiger partial charge is 0.131 e. The zero-order valence-electron chi connectivity index (χ0n) is 11.0. The molecule has 0 fully saturated rings. The first-order valence-corrected chi connectivity index (χ1v) is 6.05. The fourth-order valence-corrected chi connectivity index (χ4v) is 1.58. The summed E-state index contributed by atoms with van der Waals surface area (Å²) in [5, 5.41) is 0. The molecule has 2 nitrogen and oxygen atoms in total. The summed E-state index contributed by atoms with van der Waals surface area (Å²) < 4.78 is 11.6. The van der Waals surface area contributed by atoms with E-state index < -0.39 is 0 Å². The predicted molar refractivity (Wildman–Crippen MR) is 73.3 cm³/mol. The molecular formula is C16H18O2. The van der Waals surface area contributed by atoms with Gasteiger partial charge in [-0.1, -0.05) is 24.3 Å². The van der Waals surface area contributed by atoms with Gasteiger partial charge in [0.15, 0.2) is 0 Å². The summed E-state index contributed by atoms with van der Waals surface area (Å²) >= 11 is 0. The highest BCUT2D eigenvalue weighted by Gasteiger charge is 2.12. The Balaban J connectivity index is 2.13. The topological polar surface area (TPSA) is 18.5 Å². The lowest BCUT2D eigenvalue weighted by Gasteiger charge is -2.21. The van der Waals surface area contributed by atoms with Crippen LogP contribution in [0.1, 0.15) is 20.8 Å². The van der Waals surface area contributed by atoms with Gasteiger partial charge in [-0.05, 0) is 45.0 Å². The summed E-state index contributed by atoms with van der Waals surface area (Å²) in [6.07, 6.45) is 0. The molecule has 0 unspecified atom stereocenters. The molecule has 2 rings (SSSR count). The van der Waals surface area contributed by atoms with Gasteiger partial charge in [-0.2, -0.15) is 0 Å². The average molecular weight is 242 g/mol. The monoisotopic (exact) mass is 242 g/mol. The second-order valence-electron chi connectivity index (χ2n) is 5.10. The van der Waals surface area contributed by atoms with E-state index in [1.54, 1.807) is 0 Å². The largest absolute Gasteiger partial charge is 0.488 e. The van der Waals surface area contributed by atoms with Crippen molar-refractivity contribution in [2.24, 2.45) is 0 Å². The van der Waals surface area contributed by atoms with E-state index in [0.29, 0.717) is 0 Å². The predicted octanol–water partition coefficient (Wildman–Crippen LogP) is 4.66. The van der Waals surface area contributed by atoms with Gasteiger partial charge >= 0.3 is 0 Å². The van der Waals surface area contributed by atoms with E-state index in [9.17, 15) is 0 Å². The van der Waals surface area contributed by atoms with E-state index in [0.717, 1.165) is 17.2 Å². The van der Waals surface area contributed by atoms with Crippen LogP contribution in [-0.4, -0.2) is 5.60 Å². The molecule has 2 aromatic rings. The van der Waals surface area contributed by atoms with Gasteiger partial charge in [0.2, 0.25) is 0 Å². The first-order valence-electron chi connectivity index (χ1n) is 6.05. The van der Waals surface area contributed by atoms with Crippen LogP contribution in [-0.2, 0) is 0 Å². The SMILES string of the molecule is CC(C)(C)Oc1cccc(Oc2ccccc2)c1. The van der Waals surface area contributed by atoms with Gasteiger partial charge in [-0.3, -0.25) is 0 Å². The van der Waals surface area contributed by atoms with Gasteiger partial charge in [-0.15, -0.1) is 0 Å². The molecule has 0 atom stereocenters. The van der Waals surface area contributed by atoms with Crippen LogP contribution in [0.5, 0.6) is 17.2 Å². The van der Waals surface area contributed by atoms with Gasteiger partial charge in [0.25, 0.3) is 0 Å². The van der Waals surface area contributed by atoms with Crippen molar-refractivity contribution in [3.8, 4) is 17.2 Å². The van der Waals surface area contributed by atoms with Crippen molar-refractivity contribution < 1.29 is 9.47 Å². The van der Waals surface area contributed by atoms with Crippen LogP contribution in [0.15, 0.2) is 54.6 Å². The highest BCUT2D eigenvalue weighted by molar-refractivity contribution is 5.36. The summed E-state index contributed by atoms with van der Waals surface area (Å²) in [5.41, 5.74) is -0.203. The van der Waals surface area contributed by atoms with Gasteiger partial charge in [0, 0.05) is 6.07 Å². The van der Waals surface area contributed by atoms with Crippen LogP contribution in [0.25, 0.3) is 0 Å². The Labute approximate surface area is 108 Å². The Hall–Kier alpha value is -1.96. The lowest BCUT2D eigenvalue weighted by atomic mass is 10.2. The second kappa shape index (κ2) is 5.13. The molecule has 2 heteroatoms. The van der Waals surface area contributed by atoms with Crippen LogP contribution < -0.4 is 9.47 Å². The fraction of sp³-hybridized carbons (Fsp3) is 0.250. The van der Waals surface area contributed by atoms with Crippen molar-refractivity contribution in [3.63, 3.8) is 0 Å². The fourth-order valence-electron chi connectivity index (χ4n) is 1.58. The maximum Gasteiger partial charge on any atom is 0.131 e. The molecule has 0 N–H and O–H groups in total. The summed E-state index contributed by atoms with van der Waals surface area (Å²) in [6.45, 7) is 6.08. The molecule has 0 radical (unpaired) electrons. The van der Waals surface area contributed by atoms with Gasteiger partial charge in [-0.25, -0.2) is 0 Å². The third-order valence-corrected chi connectivity index (χ3v) is 2.21. The van der Waals surface area contributed by atoms with Crippen LogP contribution in [0.2, 0.25) is 0 Å². The van der Waals surface area contributed by atoms with E-state index in [1.807, 2.05) is 75.4 Å². The third kappa shape index (κ3) is 3.81. The van der Waals surface area contributed by atoms with Crippen molar-refractivity contribution in [3.05, 3.63) is 54.6 Å². The first-order chi connectivity index (χ1) is 8.53. The minimum absolute atomic E-state index is 0.203. The lowest BCUT2D eigenvalue weighted by Crippen LogP contribution is -2.22. The molecular weight excluding hydrogens is 224 g/mol. The first kappa shape index (κ1) is 12.5. The van der Waals surface area contributed by atoms with E-state index in [4.69, 9.17) is 9.47 Å². The summed E-state index contributed by atoms with van der Waals surface area (Å²) in [4.78, 5) is 0. The second-order valence-corrected chi connectivity index (χ2v) is 5.10. The van der Waals surface area contributed by atoms with Crippen LogP contribution in [0, 0.1) is 0 Å². The molecule has 0 spiro atoms. The molecule has 0 aromatic heterocycles. The number of ether oxygens (including phenoxy) is 2. The number of rotatable bonds is 3. The molecule has 94 valence electrons. The maximum absolute atomic E-state index is 5.80. The third-order valence-electron chi connectivity index (χ3n) is 2.21. The molecule has 0 heterocycles. The average Bonchev–Trinajstić information content (AvgIpc) is 2.28. The van der Waals surface area contributed by atoms with Crippen LogP contribution in [0.4, 0.5) is 0 Å². The summed E-state index contributed by atoms with van der Waals surface area (Å²) in [7, 11) is 0. The Morgan fingerprint density at radius 1 is 0.722 bits per heavy atom. The minimum atomic E-state index is -0.203. The van der Waals surface area contributed by atoms with Gasteiger partial charge < -0.3 is 9.47 Å². The number of benzene rings is 2. The summed E-state index contributed by atoms with van der Waals surface area (Å²) in [6, 6.07) is 17.4. The zero-order valence-corrected chi connectivity index (χ0v) is 11.0.